The topological polar surface area (TPSA) is 41.8 Å². The van der Waals surface area contributed by atoms with Gasteiger partial charge in [-0.3, -0.25) is 4.79 Å². The molecule has 12 heavy (non-hydrogen) atoms. The molecule has 0 spiro atoms. The Morgan fingerprint density at radius 1 is 1.58 bits per heavy atom. The van der Waals surface area contributed by atoms with Gasteiger partial charge in [-0.1, -0.05) is 18.2 Å². The number of fused-ring (bicyclic) bond motifs is 1. The van der Waals surface area contributed by atoms with Crippen molar-refractivity contribution in [3.63, 3.8) is 0 Å². The van der Waals surface area contributed by atoms with Crippen LogP contribution < -0.4 is 0 Å². The van der Waals surface area contributed by atoms with Crippen LogP contribution in [0.4, 0.5) is 0 Å². The second-order valence-corrected chi connectivity index (χ2v) is 2.83. The molecule has 60 valence electrons. The molecule has 1 aliphatic carbocycles. The van der Waals surface area contributed by atoms with E-state index in [1.54, 1.807) is 13.1 Å². The minimum absolute atomic E-state index is 0.112. The lowest BCUT2D eigenvalue weighted by Crippen LogP contribution is -2.22. The third kappa shape index (κ3) is 0.942. The molecule has 1 heterocycles. The van der Waals surface area contributed by atoms with Crippen molar-refractivity contribution in [2.75, 3.05) is 0 Å². The van der Waals surface area contributed by atoms with E-state index in [0.29, 0.717) is 0 Å². The monoisotopic (exact) mass is 160 g/mol. The van der Waals surface area contributed by atoms with E-state index in [-0.39, 0.29) is 11.7 Å². The van der Waals surface area contributed by atoms with Crippen molar-refractivity contribution < 1.29 is 4.79 Å². The second-order valence-electron chi connectivity index (χ2n) is 2.83. The first-order valence-electron chi connectivity index (χ1n) is 3.79. The molecule has 2 rings (SSSR count). The molecule has 0 fully saturated rings. The molecular formula is C9H8N2O. The minimum Gasteiger partial charge on any atom is -0.299 e. The van der Waals surface area contributed by atoms with Crippen molar-refractivity contribution in [1.29, 1.82) is 0 Å². The van der Waals surface area contributed by atoms with E-state index >= 15 is 0 Å². The summed E-state index contributed by atoms with van der Waals surface area (Å²) in [6.07, 6.45) is 7.31. The highest BCUT2D eigenvalue weighted by Crippen LogP contribution is 2.19. The zero-order valence-corrected chi connectivity index (χ0v) is 6.69. The SMILES string of the molecule is CC(=O)[C@H]1C=CC=C2C=NN=C21. The number of hydrogen-bond acceptors (Lipinski definition) is 3. The minimum atomic E-state index is -0.188. The highest BCUT2D eigenvalue weighted by atomic mass is 16.1. The van der Waals surface area contributed by atoms with Crippen molar-refractivity contribution in [3.8, 4) is 0 Å². The zero-order chi connectivity index (χ0) is 8.55. The van der Waals surface area contributed by atoms with Gasteiger partial charge < -0.3 is 0 Å². The molecule has 0 aromatic rings. The van der Waals surface area contributed by atoms with Crippen LogP contribution in [0.15, 0.2) is 34.0 Å². The fourth-order valence-corrected chi connectivity index (χ4v) is 1.34. The van der Waals surface area contributed by atoms with E-state index in [4.69, 9.17) is 0 Å². The third-order valence-electron chi connectivity index (χ3n) is 1.97. The number of Topliss-reactive ketones (excluding diaryl/α,β-unsaturated/α-hetero) is 1. The Kier molecular flexibility index (Phi) is 1.50. The van der Waals surface area contributed by atoms with Gasteiger partial charge in [0.2, 0.25) is 0 Å². The van der Waals surface area contributed by atoms with Gasteiger partial charge in [0.05, 0.1) is 17.8 Å². The summed E-state index contributed by atoms with van der Waals surface area (Å²) in [5.74, 6) is -0.0754. The summed E-state index contributed by atoms with van der Waals surface area (Å²) in [4.78, 5) is 11.1. The van der Waals surface area contributed by atoms with Gasteiger partial charge in [0.25, 0.3) is 0 Å². The van der Waals surface area contributed by atoms with Crippen LogP contribution in [0.3, 0.4) is 0 Å². The lowest BCUT2D eigenvalue weighted by molar-refractivity contribution is -0.117. The van der Waals surface area contributed by atoms with Crippen LogP contribution in [0.1, 0.15) is 6.92 Å². The summed E-state index contributed by atoms with van der Waals surface area (Å²) in [5, 5.41) is 7.67. The molecule has 1 atom stereocenters. The number of allylic oxidation sites excluding steroid dienone is 4. The fraction of sp³-hybridized carbons (Fsp3) is 0.222. The van der Waals surface area contributed by atoms with E-state index in [9.17, 15) is 4.79 Å². The van der Waals surface area contributed by atoms with E-state index in [1.807, 2.05) is 18.2 Å². The first-order valence-corrected chi connectivity index (χ1v) is 3.79. The summed E-state index contributed by atoms with van der Waals surface area (Å²) in [5.41, 5.74) is 1.74. The molecule has 0 radical (unpaired) electrons. The van der Waals surface area contributed by atoms with Gasteiger partial charge in [-0.15, -0.1) is 0 Å². The van der Waals surface area contributed by atoms with E-state index in [1.165, 1.54) is 0 Å². The molecule has 2 aliphatic rings. The van der Waals surface area contributed by atoms with Crippen LogP contribution in [-0.4, -0.2) is 17.7 Å². The number of carbonyl (C=O) groups is 1. The Morgan fingerprint density at radius 2 is 2.42 bits per heavy atom. The molecule has 0 amide bonds. The summed E-state index contributed by atoms with van der Waals surface area (Å²) < 4.78 is 0. The van der Waals surface area contributed by atoms with Gasteiger partial charge in [-0.25, -0.2) is 0 Å². The van der Waals surface area contributed by atoms with Crippen LogP contribution in [0.2, 0.25) is 0 Å². The average Bonchev–Trinajstić information content (AvgIpc) is 2.49. The van der Waals surface area contributed by atoms with Crippen LogP contribution in [0.5, 0.6) is 0 Å². The van der Waals surface area contributed by atoms with Gasteiger partial charge in [-0.05, 0) is 6.92 Å². The van der Waals surface area contributed by atoms with Crippen LogP contribution >= 0.6 is 0 Å². The predicted molar refractivity (Wildman–Crippen MR) is 47.3 cm³/mol. The summed E-state index contributed by atoms with van der Waals surface area (Å²) in [7, 11) is 0. The van der Waals surface area contributed by atoms with Crippen molar-refractivity contribution in [2.45, 2.75) is 6.92 Å². The molecule has 0 unspecified atom stereocenters. The van der Waals surface area contributed by atoms with Gasteiger partial charge in [0, 0.05) is 5.57 Å². The summed E-state index contributed by atoms with van der Waals surface area (Å²) in [6.45, 7) is 1.57. The lowest BCUT2D eigenvalue weighted by Gasteiger charge is -2.12. The maximum Gasteiger partial charge on any atom is 0.142 e. The highest BCUT2D eigenvalue weighted by molar-refractivity contribution is 6.26. The number of hydrogen-bond donors (Lipinski definition) is 0. The van der Waals surface area contributed by atoms with Crippen molar-refractivity contribution >= 4 is 17.7 Å². The quantitative estimate of drug-likeness (QED) is 0.566. The molecule has 0 bridgehead atoms. The molecule has 0 saturated carbocycles. The number of ketones is 1. The molecule has 3 heteroatoms. The molecule has 3 nitrogen and oxygen atoms in total. The Balaban J connectivity index is 2.39. The fourth-order valence-electron chi connectivity index (χ4n) is 1.34. The maximum absolute atomic E-state index is 11.1. The zero-order valence-electron chi connectivity index (χ0n) is 6.69. The Hall–Kier alpha value is -1.51. The van der Waals surface area contributed by atoms with Gasteiger partial charge in [0.1, 0.15) is 5.78 Å². The molecule has 0 N–H and O–H groups in total. The summed E-state index contributed by atoms with van der Waals surface area (Å²) in [6, 6.07) is 0. The normalized spacial score (nSPS) is 24.9. The van der Waals surface area contributed by atoms with Crippen LogP contribution in [-0.2, 0) is 4.79 Å². The number of carbonyl (C=O) groups excluding carboxylic acids is 1. The Bertz CT molecular complexity index is 348. The molecule has 1 aliphatic heterocycles. The van der Waals surface area contributed by atoms with Gasteiger partial charge >= 0.3 is 0 Å². The molecule has 0 aromatic carbocycles. The first kappa shape index (κ1) is 7.16. The third-order valence-corrected chi connectivity index (χ3v) is 1.97. The van der Waals surface area contributed by atoms with E-state index in [0.717, 1.165) is 11.3 Å². The molecular weight excluding hydrogens is 152 g/mol. The Labute approximate surface area is 70.2 Å². The van der Waals surface area contributed by atoms with Gasteiger partial charge in [-0.2, -0.15) is 10.2 Å². The standard InChI is InChI=1S/C9H8N2O/c1-6(12)8-4-2-3-7-5-10-11-9(7)8/h2-5,8H,1H3/t8-/m1/s1. The van der Waals surface area contributed by atoms with Crippen molar-refractivity contribution in [3.05, 3.63) is 23.8 Å². The predicted octanol–water partition coefficient (Wildman–Crippen LogP) is 1.13. The Morgan fingerprint density at radius 3 is 3.17 bits per heavy atom. The molecule has 0 saturated heterocycles. The number of nitrogens with zero attached hydrogens (tertiary/aromatic N) is 2. The molecule has 0 aromatic heterocycles. The second kappa shape index (κ2) is 2.52. The van der Waals surface area contributed by atoms with E-state index in [2.05, 4.69) is 10.2 Å². The number of rotatable bonds is 1. The highest BCUT2D eigenvalue weighted by Gasteiger charge is 2.24. The van der Waals surface area contributed by atoms with Gasteiger partial charge in [0.15, 0.2) is 0 Å². The van der Waals surface area contributed by atoms with Crippen molar-refractivity contribution in [2.24, 2.45) is 16.1 Å². The summed E-state index contributed by atoms with van der Waals surface area (Å²) >= 11 is 0. The average molecular weight is 160 g/mol. The van der Waals surface area contributed by atoms with Crippen molar-refractivity contribution in [1.82, 2.24) is 0 Å². The smallest absolute Gasteiger partial charge is 0.142 e. The lowest BCUT2D eigenvalue weighted by atomic mass is 9.90. The van der Waals surface area contributed by atoms with Crippen LogP contribution in [0, 0.1) is 5.92 Å². The van der Waals surface area contributed by atoms with E-state index < -0.39 is 0 Å². The van der Waals surface area contributed by atoms with Crippen LogP contribution in [0.25, 0.3) is 0 Å². The largest absolute Gasteiger partial charge is 0.299 e. The first-order chi connectivity index (χ1) is 5.79. The maximum atomic E-state index is 11.1.